The maximum atomic E-state index is 6.03. The number of imidazole rings is 1. The van der Waals surface area contributed by atoms with E-state index in [2.05, 4.69) is 22.8 Å². The minimum atomic E-state index is 0.730. The Bertz CT molecular complexity index is 763. The largest absolute Gasteiger partial charge is 0.302 e. The quantitative estimate of drug-likeness (QED) is 0.595. The number of halogens is 1. The van der Waals surface area contributed by atoms with Gasteiger partial charge in [0.2, 0.25) is 0 Å². The highest BCUT2D eigenvalue weighted by Crippen LogP contribution is 2.34. The molecule has 0 aliphatic heterocycles. The third-order valence-electron chi connectivity index (χ3n) is 3.68. The summed E-state index contributed by atoms with van der Waals surface area (Å²) >= 11 is 7.74. The molecular formula is C17H19ClN4S. The molecule has 0 aliphatic carbocycles. The molecule has 0 saturated heterocycles. The lowest BCUT2D eigenvalue weighted by molar-refractivity contribution is 0.534. The van der Waals surface area contributed by atoms with Crippen LogP contribution in [0.5, 0.6) is 0 Å². The van der Waals surface area contributed by atoms with E-state index in [1.165, 1.54) is 0 Å². The van der Waals surface area contributed by atoms with Gasteiger partial charge in [0.1, 0.15) is 16.4 Å². The zero-order valence-electron chi connectivity index (χ0n) is 13.2. The summed E-state index contributed by atoms with van der Waals surface area (Å²) in [7, 11) is 0. The van der Waals surface area contributed by atoms with Gasteiger partial charge in [-0.2, -0.15) is 5.10 Å². The number of aryl methyl sites for hydroxylation is 1. The Morgan fingerprint density at radius 2 is 2.00 bits per heavy atom. The maximum Gasteiger partial charge on any atom is 0.119 e. The minimum Gasteiger partial charge on any atom is -0.302 e. The lowest BCUT2D eigenvalue weighted by Crippen LogP contribution is -2.02. The molecule has 120 valence electrons. The molecule has 0 bridgehead atoms. The van der Waals surface area contributed by atoms with Crippen LogP contribution in [-0.4, -0.2) is 25.6 Å². The molecule has 0 saturated carbocycles. The number of unbranched alkanes of at least 4 members (excludes halogenated alkanes) is 1. The Balaban J connectivity index is 2.16. The smallest absolute Gasteiger partial charge is 0.119 e. The standard InChI is InChI=1S/C17H19ClN4S/c1-3-4-10-22-17(23-2)16(21-11-9-19-12-21)15(20-22)13-5-7-14(18)8-6-13/h5-9,11-12H,3-4,10H2,1-2H3. The van der Waals surface area contributed by atoms with Gasteiger partial charge in [0, 0.05) is 29.5 Å². The molecule has 0 aliphatic rings. The van der Waals surface area contributed by atoms with Crippen LogP contribution in [0.2, 0.25) is 5.02 Å². The fourth-order valence-electron chi connectivity index (χ4n) is 2.52. The Morgan fingerprint density at radius 3 is 2.61 bits per heavy atom. The van der Waals surface area contributed by atoms with Crippen LogP contribution >= 0.6 is 23.4 Å². The van der Waals surface area contributed by atoms with Gasteiger partial charge in [-0.25, -0.2) is 4.98 Å². The van der Waals surface area contributed by atoms with Crippen molar-refractivity contribution in [3.63, 3.8) is 0 Å². The molecule has 3 rings (SSSR count). The average molecular weight is 347 g/mol. The van der Waals surface area contributed by atoms with Crippen molar-refractivity contribution in [3.05, 3.63) is 48.0 Å². The first-order valence-corrected chi connectivity index (χ1v) is 9.24. The number of hydrogen-bond acceptors (Lipinski definition) is 3. The number of benzene rings is 1. The topological polar surface area (TPSA) is 35.6 Å². The van der Waals surface area contributed by atoms with E-state index in [0.717, 1.165) is 46.4 Å². The van der Waals surface area contributed by atoms with E-state index >= 15 is 0 Å². The summed E-state index contributed by atoms with van der Waals surface area (Å²) in [6.07, 6.45) is 9.91. The van der Waals surface area contributed by atoms with E-state index in [0.29, 0.717) is 0 Å². The number of aromatic nitrogens is 4. The van der Waals surface area contributed by atoms with Crippen molar-refractivity contribution >= 4 is 23.4 Å². The monoisotopic (exact) mass is 346 g/mol. The third kappa shape index (κ3) is 3.31. The molecule has 1 aromatic carbocycles. The molecule has 0 N–H and O–H groups in total. The normalized spacial score (nSPS) is 11.1. The van der Waals surface area contributed by atoms with Crippen molar-refractivity contribution < 1.29 is 0 Å². The molecule has 0 fully saturated rings. The summed E-state index contributed by atoms with van der Waals surface area (Å²) in [6, 6.07) is 7.83. The molecule has 23 heavy (non-hydrogen) atoms. The van der Waals surface area contributed by atoms with Crippen molar-refractivity contribution in [3.8, 4) is 16.9 Å². The third-order valence-corrected chi connectivity index (χ3v) is 4.72. The van der Waals surface area contributed by atoms with E-state index in [1.807, 2.05) is 41.4 Å². The SMILES string of the molecule is CCCCn1nc(-c2ccc(Cl)cc2)c(-n2ccnc2)c1SC. The van der Waals surface area contributed by atoms with Gasteiger partial charge in [-0.3, -0.25) is 4.68 Å². The predicted molar refractivity (Wildman–Crippen MR) is 96.5 cm³/mol. The van der Waals surface area contributed by atoms with Gasteiger partial charge in [-0.05, 0) is 24.8 Å². The number of thioether (sulfide) groups is 1. The number of hydrogen-bond donors (Lipinski definition) is 0. The van der Waals surface area contributed by atoms with Crippen LogP contribution in [0, 0.1) is 0 Å². The second kappa shape index (κ2) is 7.23. The molecule has 0 radical (unpaired) electrons. The molecule has 2 aromatic heterocycles. The van der Waals surface area contributed by atoms with Gasteiger partial charge in [-0.1, -0.05) is 37.1 Å². The van der Waals surface area contributed by atoms with Gasteiger partial charge in [0.15, 0.2) is 0 Å². The second-order valence-electron chi connectivity index (χ2n) is 5.26. The van der Waals surface area contributed by atoms with E-state index in [4.69, 9.17) is 16.7 Å². The van der Waals surface area contributed by atoms with E-state index in [1.54, 1.807) is 18.0 Å². The number of nitrogens with zero attached hydrogens (tertiary/aromatic N) is 4. The first-order chi connectivity index (χ1) is 11.2. The zero-order chi connectivity index (χ0) is 16.2. The van der Waals surface area contributed by atoms with Crippen LogP contribution in [0.3, 0.4) is 0 Å². The van der Waals surface area contributed by atoms with Gasteiger partial charge < -0.3 is 4.57 Å². The zero-order valence-corrected chi connectivity index (χ0v) is 14.8. The molecule has 0 spiro atoms. The van der Waals surface area contributed by atoms with Crippen molar-refractivity contribution in [2.24, 2.45) is 0 Å². The van der Waals surface area contributed by atoms with E-state index in [9.17, 15) is 0 Å². The van der Waals surface area contributed by atoms with Crippen LogP contribution in [0.15, 0.2) is 48.0 Å². The molecular weight excluding hydrogens is 328 g/mol. The van der Waals surface area contributed by atoms with Crippen molar-refractivity contribution in [1.82, 2.24) is 19.3 Å². The summed E-state index contributed by atoms with van der Waals surface area (Å²) < 4.78 is 4.14. The summed E-state index contributed by atoms with van der Waals surface area (Å²) in [5.74, 6) is 0. The van der Waals surface area contributed by atoms with Crippen molar-refractivity contribution in [1.29, 1.82) is 0 Å². The first kappa shape index (κ1) is 16.1. The van der Waals surface area contributed by atoms with Crippen molar-refractivity contribution in [2.75, 3.05) is 6.26 Å². The van der Waals surface area contributed by atoms with Gasteiger partial charge in [0.05, 0.1) is 6.33 Å². The van der Waals surface area contributed by atoms with Crippen molar-refractivity contribution in [2.45, 2.75) is 31.3 Å². The first-order valence-electron chi connectivity index (χ1n) is 7.63. The van der Waals surface area contributed by atoms with Crippen LogP contribution in [0.4, 0.5) is 0 Å². The van der Waals surface area contributed by atoms with E-state index in [-0.39, 0.29) is 0 Å². The second-order valence-corrected chi connectivity index (χ2v) is 6.49. The summed E-state index contributed by atoms with van der Waals surface area (Å²) in [4.78, 5) is 4.19. The molecule has 6 heteroatoms. The fraction of sp³-hybridized carbons (Fsp3) is 0.294. The Hall–Kier alpha value is -1.72. The Labute approximate surface area is 145 Å². The van der Waals surface area contributed by atoms with Crippen LogP contribution in [0.25, 0.3) is 16.9 Å². The Morgan fingerprint density at radius 1 is 1.22 bits per heavy atom. The molecule has 0 unspecified atom stereocenters. The summed E-state index contributed by atoms with van der Waals surface area (Å²) in [6.45, 7) is 3.11. The van der Waals surface area contributed by atoms with Gasteiger partial charge >= 0.3 is 0 Å². The maximum absolute atomic E-state index is 6.03. The summed E-state index contributed by atoms with van der Waals surface area (Å²) in [5.41, 5.74) is 3.09. The highest BCUT2D eigenvalue weighted by Gasteiger charge is 2.20. The van der Waals surface area contributed by atoms with Gasteiger partial charge in [-0.15, -0.1) is 11.8 Å². The highest BCUT2D eigenvalue weighted by atomic mass is 35.5. The molecule has 4 nitrogen and oxygen atoms in total. The fourth-order valence-corrected chi connectivity index (χ4v) is 3.39. The Kier molecular flexibility index (Phi) is 5.08. The molecule has 3 aromatic rings. The lowest BCUT2D eigenvalue weighted by Gasteiger charge is -2.07. The molecule has 0 atom stereocenters. The average Bonchev–Trinajstić information content (AvgIpc) is 3.20. The lowest BCUT2D eigenvalue weighted by atomic mass is 10.1. The summed E-state index contributed by atoms with van der Waals surface area (Å²) in [5, 5.41) is 6.76. The highest BCUT2D eigenvalue weighted by molar-refractivity contribution is 7.98. The van der Waals surface area contributed by atoms with Crippen LogP contribution < -0.4 is 0 Å². The molecule has 2 heterocycles. The minimum absolute atomic E-state index is 0.730. The predicted octanol–water partition coefficient (Wildman–Crippen LogP) is 4.91. The van der Waals surface area contributed by atoms with E-state index < -0.39 is 0 Å². The molecule has 0 amide bonds. The van der Waals surface area contributed by atoms with Crippen LogP contribution in [0.1, 0.15) is 19.8 Å². The van der Waals surface area contributed by atoms with Crippen LogP contribution in [-0.2, 0) is 6.54 Å². The number of rotatable bonds is 6. The van der Waals surface area contributed by atoms with Gasteiger partial charge in [0.25, 0.3) is 0 Å².